The van der Waals surface area contributed by atoms with Gasteiger partial charge in [-0.1, -0.05) is 66.2 Å². The van der Waals surface area contributed by atoms with Gasteiger partial charge in [-0.15, -0.1) is 0 Å². The van der Waals surface area contributed by atoms with Crippen molar-refractivity contribution < 1.29 is 0 Å². The Morgan fingerprint density at radius 2 is 1.52 bits per heavy atom. The van der Waals surface area contributed by atoms with E-state index < -0.39 is 0 Å². The first-order valence-electron chi connectivity index (χ1n) is 6.85. The van der Waals surface area contributed by atoms with Crippen LogP contribution in [0.2, 0.25) is 5.15 Å². The number of rotatable bonds is 3. The lowest BCUT2D eigenvalue weighted by molar-refractivity contribution is 0.943. The van der Waals surface area contributed by atoms with Gasteiger partial charge in [0.1, 0.15) is 11.0 Å². The number of benzene rings is 2. The summed E-state index contributed by atoms with van der Waals surface area (Å²) in [6.07, 6.45) is 0.691. The summed E-state index contributed by atoms with van der Waals surface area (Å²) in [4.78, 5) is 8.68. The van der Waals surface area contributed by atoms with Crippen LogP contribution < -0.4 is 0 Å². The van der Waals surface area contributed by atoms with Gasteiger partial charge in [0.15, 0.2) is 0 Å². The van der Waals surface area contributed by atoms with Crippen LogP contribution in [0.4, 0.5) is 0 Å². The molecule has 2 aromatic carbocycles. The third-order valence-electron chi connectivity index (χ3n) is 3.29. The molecule has 0 radical (unpaired) electrons. The fourth-order valence-electron chi connectivity index (χ4n) is 2.30. The largest absolute Gasteiger partial charge is 0.238 e. The highest BCUT2D eigenvalue weighted by Gasteiger charge is 2.03. The maximum atomic E-state index is 5.97. The molecule has 0 spiro atoms. The van der Waals surface area contributed by atoms with E-state index in [0.717, 1.165) is 11.5 Å². The SMILES string of the molecule is Cc1cc(Cl)nc(Cc2ccc(-c3ccccc3)cc2)n1. The van der Waals surface area contributed by atoms with Gasteiger partial charge in [0.05, 0.1) is 0 Å². The number of aryl methyl sites for hydroxylation is 1. The molecule has 3 heteroatoms. The first-order chi connectivity index (χ1) is 10.2. The summed E-state index contributed by atoms with van der Waals surface area (Å²) in [5.74, 6) is 0.757. The summed E-state index contributed by atoms with van der Waals surface area (Å²) < 4.78 is 0. The average Bonchev–Trinajstić information content (AvgIpc) is 2.48. The van der Waals surface area contributed by atoms with Gasteiger partial charge in [0, 0.05) is 12.1 Å². The van der Waals surface area contributed by atoms with Crippen LogP contribution in [-0.2, 0) is 6.42 Å². The van der Waals surface area contributed by atoms with Gasteiger partial charge in [-0.2, -0.15) is 0 Å². The summed E-state index contributed by atoms with van der Waals surface area (Å²) >= 11 is 5.97. The minimum atomic E-state index is 0.499. The molecule has 0 saturated carbocycles. The second-order valence-electron chi connectivity index (χ2n) is 4.99. The van der Waals surface area contributed by atoms with E-state index in [4.69, 9.17) is 11.6 Å². The van der Waals surface area contributed by atoms with Crippen LogP contribution in [0.25, 0.3) is 11.1 Å². The lowest BCUT2D eigenvalue weighted by atomic mass is 10.0. The first-order valence-corrected chi connectivity index (χ1v) is 7.23. The molecule has 0 atom stereocenters. The van der Waals surface area contributed by atoms with Crippen molar-refractivity contribution in [3.05, 3.63) is 82.9 Å². The Kier molecular flexibility index (Phi) is 3.98. The van der Waals surface area contributed by atoms with Crippen LogP contribution in [0.1, 0.15) is 17.1 Å². The van der Waals surface area contributed by atoms with Crippen LogP contribution in [-0.4, -0.2) is 9.97 Å². The summed E-state index contributed by atoms with van der Waals surface area (Å²) in [5, 5.41) is 0.499. The van der Waals surface area contributed by atoms with E-state index in [9.17, 15) is 0 Å². The highest BCUT2D eigenvalue weighted by Crippen LogP contribution is 2.20. The van der Waals surface area contributed by atoms with E-state index in [1.807, 2.05) is 25.1 Å². The number of hydrogen-bond acceptors (Lipinski definition) is 2. The van der Waals surface area contributed by atoms with E-state index >= 15 is 0 Å². The highest BCUT2D eigenvalue weighted by molar-refractivity contribution is 6.29. The van der Waals surface area contributed by atoms with Crippen molar-refractivity contribution in [2.45, 2.75) is 13.3 Å². The molecule has 0 aliphatic carbocycles. The van der Waals surface area contributed by atoms with Gasteiger partial charge in [0.25, 0.3) is 0 Å². The minimum Gasteiger partial charge on any atom is -0.238 e. The molecule has 1 heterocycles. The van der Waals surface area contributed by atoms with Crippen molar-refractivity contribution in [3.63, 3.8) is 0 Å². The monoisotopic (exact) mass is 294 g/mol. The van der Waals surface area contributed by atoms with Crippen molar-refractivity contribution in [1.29, 1.82) is 0 Å². The number of aromatic nitrogens is 2. The molecular formula is C18H15ClN2. The van der Waals surface area contributed by atoms with E-state index in [1.165, 1.54) is 16.7 Å². The molecule has 104 valence electrons. The van der Waals surface area contributed by atoms with Gasteiger partial charge in [-0.05, 0) is 29.7 Å². The second-order valence-corrected chi connectivity index (χ2v) is 5.38. The fourth-order valence-corrected chi connectivity index (χ4v) is 2.55. The topological polar surface area (TPSA) is 25.8 Å². The van der Waals surface area contributed by atoms with Crippen molar-refractivity contribution in [3.8, 4) is 11.1 Å². The molecule has 2 nitrogen and oxygen atoms in total. The summed E-state index contributed by atoms with van der Waals surface area (Å²) in [6.45, 7) is 1.93. The van der Waals surface area contributed by atoms with Crippen LogP contribution in [0.15, 0.2) is 60.7 Å². The van der Waals surface area contributed by atoms with E-state index in [2.05, 4.69) is 46.4 Å². The number of halogens is 1. The van der Waals surface area contributed by atoms with E-state index in [1.54, 1.807) is 6.07 Å². The zero-order chi connectivity index (χ0) is 14.7. The second kappa shape index (κ2) is 6.06. The van der Waals surface area contributed by atoms with Crippen molar-refractivity contribution >= 4 is 11.6 Å². The summed E-state index contributed by atoms with van der Waals surface area (Å²) in [5.41, 5.74) is 4.50. The average molecular weight is 295 g/mol. The molecule has 0 amide bonds. The Bertz CT molecular complexity index is 717. The highest BCUT2D eigenvalue weighted by atomic mass is 35.5. The predicted molar refractivity (Wildman–Crippen MR) is 86.5 cm³/mol. The Balaban J connectivity index is 1.81. The van der Waals surface area contributed by atoms with Crippen LogP contribution in [0.3, 0.4) is 0 Å². The Morgan fingerprint density at radius 1 is 0.857 bits per heavy atom. The fraction of sp³-hybridized carbons (Fsp3) is 0.111. The zero-order valence-corrected chi connectivity index (χ0v) is 12.5. The Morgan fingerprint density at radius 3 is 2.19 bits per heavy atom. The molecule has 0 unspecified atom stereocenters. The lowest BCUT2D eigenvalue weighted by Crippen LogP contribution is -1.98. The van der Waals surface area contributed by atoms with Gasteiger partial charge in [0.2, 0.25) is 0 Å². The van der Waals surface area contributed by atoms with Crippen molar-refractivity contribution in [2.24, 2.45) is 0 Å². The van der Waals surface area contributed by atoms with E-state index in [0.29, 0.717) is 11.6 Å². The third kappa shape index (κ3) is 3.47. The molecular weight excluding hydrogens is 280 g/mol. The molecule has 0 aliphatic heterocycles. The van der Waals surface area contributed by atoms with Crippen molar-refractivity contribution in [1.82, 2.24) is 9.97 Å². The molecule has 0 fully saturated rings. The molecule has 1 aromatic heterocycles. The molecule has 3 aromatic rings. The zero-order valence-electron chi connectivity index (χ0n) is 11.8. The molecule has 0 saturated heterocycles. The lowest BCUT2D eigenvalue weighted by Gasteiger charge is -2.05. The molecule has 0 aliphatic rings. The smallest absolute Gasteiger partial charge is 0.134 e. The maximum absolute atomic E-state index is 5.97. The predicted octanol–water partition coefficient (Wildman–Crippen LogP) is 4.70. The third-order valence-corrected chi connectivity index (χ3v) is 3.49. The van der Waals surface area contributed by atoms with Crippen LogP contribution in [0, 0.1) is 6.92 Å². The molecule has 3 rings (SSSR count). The number of nitrogens with zero attached hydrogens (tertiary/aromatic N) is 2. The quantitative estimate of drug-likeness (QED) is 0.655. The van der Waals surface area contributed by atoms with Gasteiger partial charge in [-0.3, -0.25) is 0 Å². The Labute approximate surface area is 129 Å². The van der Waals surface area contributed by atoms with Crippen LogP contribution >= 0.6 is 11.6 Å². The van der Waals surface area contributed by atoms with Crippen molar-refractivity contribution in [2.75, 3.05) is 0 Å². The van der Waals surface area contributed by atoms with Gasteiger partial charge >= 0.3 is 0 Å². The molecule has 0 bridgehead atoms. The maximum Gasteiger partial charge on any atom is 0.134 e. The summed E-state index contributed by atoms with van der Waals surface area (Å²) in [6, 6.07) is 20.6. The normalized spacial score (nSPS) is 10.6. The molecule has 21 heavy (non-hydrogen) atoms. The summed E-state index contributed by atoms with van der Waals surface area (Å²) in [7, 11) is 0. The molecule has 0 N–H and O–H groups in total. The standard InChI is InChI=1S/C18H15ClN2/c1-13-11-17(19)21-18(20-13)12-14-7-9-16(10-8-14)15-5-3-2-4-6-15/h2-11H,12H2,1H3. The Hall–Kier alpha value is -2.19. The van der Waals surface area contributed by atoms with Gasteiger partial charge in [-0.25, -0.2) is 9.97 Å². The van der Waals surface area contributed by atoms with E-state index in [-0.39, 0.29) is 0 Å². The van der Waals surface area contributed by atoms with Gasteiger partial charge < -0.3 is 0 Å². The minimum absolute atomic E-state index is 0.499. The van der Waals surface area contributed by atoms with Crippen LogP contribution in [0.5, 0.6) is 0 Å². The first kappa shape index (κ1) is 13.8. The number of hydrogen-bond donors (Lipinski definition) is 0.